The lowest BCUT2D eigenvalue weighted by atomic mass is 10.0. The van der Waals surface area contributed by atoms with Crippen LogP contribution < -0.4 is 5.32 Å². The molecule has 0 aromatic rings. The van der Waals surface area contributed by atoms with Crippen LogP contribution in [0.5, 0.6) is 0 Å². The zero-order valence-corrected chi connectivity index (χ0v) is 46.7. The maximum atomic E-state index is 13.3. The second-order valence-corrected chi connectivity index (χ2v) is 20.7. The first-order valence-corrected chi connectivity index (χ1v) is 30.5. The number of carbonyl (C=O) groups excluding carboxylic acids is 2. The zero-order valence-electron chi connectivity index (χ0n) is 46.7. The van der Waals surface area contributed by atoms with Gasteiger partial charge in [0, 0.05) is 6.42 Å². The van der Waals surface area contributed by atoms with Crippen LogP contribution in [0.3, 0.4) is 0 Å². The molecule has 0 aliphatic carbocycles. The van der Waals surface area contributed by atoms with E-state index in [2.05, 4.69) is 86.8 Å². The molecule has 3 atom stereocenters. The number of carbonyl (C=O) groups is 2. The highest BCUT2D eigenvalue weighted by Crippen LogP contribution is 2.18. The molecule has 70 heavy (non-hydrogen) atoms. The van der Waals surface area contributed by atoms with E-state index < -0.39 is 18.2 Å². The van der Waals surface area contributed by atoms with Crippen LogP contribution in [0.4, 0.5) is 0 Å². The fourth-order valence-electron chi connectivity index (χ4n) is 9.18. The van der Waals surface area contributed by atoms with Crippen molar-refractivity contribution in [2.24, 2.45) is 0 Å². The quantitative estimate of drug-likeness (QED) is 0.0321. The highest BCUT2D eigenvalue weighted by molar-refractivity contribution is 5.77. The van der Waals surface area contributed by atoms with E-state index in [1.54, 1.807) is 0 Å². The molecule has 0 bridgehead atoms. The van der Waals surface area contributed by atoms with Gasteiger partial charge in [0.05, 0.1) is 25.2 Å². The number of amides is 1. The number of hydrogen-bond donors (Lipinski definition) is 3. The van der Waals surface area contributed by atoms with Crippen molar-refractivity contribution in [2.75, 3.05) is 6.61 Å². The Morgan fingerprint density at radius 2 is 0.729 bits per heavy atom. The monoisotopic (exact) mass is 980 g/mol. The summed E-state index contributed by atoms with van der Waals surface area (Å²) in [5.74, 6) is -0.490. The number of nitrogens with one attached hydrogen (secondary N) is 1. The molecule has 0 spiro atoms. The average Bonchev–Trinajstić information content (AvgIpc) is 3.35. The predicted octanol–water partition coefficient (Wildman–Crippen LogP) is 19.1. The highest BCUT2D eigenvalue weighted by Gasteiger charge is 2.24. The minimum Gasteiger partial charge on any atom is -0.462 e. The van der Waals surface area contributed by atoms with Crippen molar-refractivity contribution >= 4 is 11.9 Å². The van der Waals surface area contributed by atoms with E-state index in [4.69, 9.17) is 4.74 Å². The Morgan fingerprint density at radius 1 is 0.414 bits per heavy atom. The van der Waals surface area contributed by atoms with Crippen molar-refractivity contribution in [3.8, 4) is 0 Å². The Labute approximate surface area is 435 Å². The Hall–Kier alpha value is -2.44. The van der Waals surface area contributed by atoms with Gasteiger partial charge in [-0.05, 0) is 96.3 Å². The summed E-state index contributed by atoms with van der Waals surface area (Å²) >= 11 is 0. The van der Waals surface area contributed by atoms with Gasteiger partial charge >= 0.3 is 5.97 Å². The Morgan fingerprint density at radius 3 is 1.13 bits per heavy atom. The Bertz CT molecular complexity index is 1240. The van der Waals surface area contributed by atoms with Crippen molar-refractivity contribution in [1.29, 1.82) is 0 Å². The van der Waals surface area contributed by atoms with E-state index in [1.807, 2.05) is 0 Å². The minimum absolute atomic E-state index is 0.0612. The molecular weight excluding hydrogens is 863 g/mol. The first kappa shape index (κ1) is 67.6. The van der Waals surface area contributed by atoms with Crippen LogP contribution >= 0.6 is 0 Å². The number of rotatable bonds is 55. The first-order chi connectivity index (χ1) is 34.5. The molecule has 0 aromatic carbocycles. The lowest BCUT2D eigenvalue weighted by molar-refractivity contribution is -0.151. The standard InChI is InChI=1S/C64H117NO5/c1-4-7-10-13-16-19-22-25-28-30-31-33-36-39-42-45-48-51-54-57-64(69)70-60(55-52-49-46-43-40-37-35-32-29-26-23-20-17-14-11-8-5-2)58-63(68)65-61(59-66)62(67)56-53-50-47-44-41-38-34-27-24-21-18-15-12-9-6-3/h16-17,19-20,25-26,28-29,35,37,60-62,66-67H,4-15,18,21-24,27,30-34,36,38-59H2,1-3H3,(H,65,68)/b19-16-,20-17-,28-25-,29-26-,37-35-. The number of hydrogen-bond acceptors (Lipinski definition) is 5. The van der Waals surface area contributed by atoms with Gasteiger partial charge in [0.1, 0.15) is 6.10 Å². The molecule has 0 aromatic heterocycles. The number of aliphatic hydroxyl groups excluding tert-OH is 2. The van der Waals surface area contributed by atoms with Crippen LogP contribution in [0.2, 0.25) is 0 Å². The lowest BCUT2D eigenvalue weighted by Gasteiger charge is -2.24. The highest BCUT2D eigenvalue weighted by atomic mass is 16.5. The molecule has 3 N–H and O–H groups in total. The molecule has 6 nitrogen and oxygen atoms in total. The molecule has 408 valence electrons. The number of unbranched alkanes of at least 4 members (excludes halogenated alkanes) is 33. The fourth-order valence-corrected chi connectivity index (χ4v) is 9.18. The number of allylic oxidation sites excluding steroid dienone is 10. The third-order valence-corrected chi connectivity index (χ3v) is 13.8. The third-order valence-electron chi connectivity index (χ3n) is 13.8. The van der Waals surface area contributed by atoms with Crippen molar-refractivity contribution in [2.45, 2.75) is 328 Å². The largest absolute Gasteiger partial charge is 0.462 e. The second kappa shape index (κ2) is 57.5. The third kappa shape index (κ3) is 51.9. The molecule has 0 fully saturated rings. The summed E-state index contributed by atoms with van der Waals surface area (Å²) < 4.78 is 5.97. The molecule has 6 heteroatoms. The van der Waals surface area contributed by atoms with Crippen LogP contribution in [0.15, 0.2) is 60.8 Å². The molecule has 1 amide bonds. The molecule has 0 rings (SSSR count). The zero-order chi connectivity index (χ0) is 50.9. The summed E-state index contributed by atoms with van der Waals surface area (Å²) in [6.45, 7) is 6.46. The van der Waals surface area contributed by atoms with Crippen LogP contribution in [0.25, 0.3) is 0 Å². The second-order valence-electron chi connectivity index (χ2n) is 20.7. The van der Waals surface area contributed by atoms with Crippen molar-refractivity contribution in [3.05, 3.63) is 60.8 Å². The molecule has 0 radical (unpaired) electrons. The van der Waals surface area contributed by atoms with Gasteiger partial charge in [-0.25, -0.2) is 0 Å². The van der Waals surface area contributed by atoms with Gasteiger partial charge in [-0.15, -0.1) is 0 Å². The summed E-state index contributed by atoms with van der Waals surface area (Å²) in [7, 11) is 0. The van der Waals surface area contributed by atoms with Crippen LogP contribution in [-0.2, 0) is 14.3 Å². The maximum Gasteiger partial charge on any atom is 0.306 e. The van der Waals surface area contributed by atoms with Crippen molar-refractivity contribution in [3.63, 3.8) is 0 Å². The Kier molecular flexibility index (Phi) is 55.5. The van der Waals surface area contributed by atoms with Gasteiger partial charge in [-0.2, -0.15) is 0 Å². The molecule has 0 saturated carbocycles. The van der Waals surface area contributed by atoms with E-state index in [0.717, 1.165) is 89.9 Å². The van der Waals surface area contributed by atoms with Crippen LogP contribution in [-0.4, -0.2) is 46.9 Å². The molecule has 3 unspecified atom stereocenters. The normalized spacial score (nSPS) is 13.5. The molecule has 0 heterocycles. The lowest BCUT2D eigenvalue weighted by Crippen LogP contribution is -2.46. The summed E-state index contributed by atoms with van der Waals surface area (Å²) in [5, 5.41) is 23.9. The first-order valence-electron chi connectivity index (χ1n) is 30.5. The van der Waals surface area contributed by atoms with E-state index >= 15 is 0 Å². The van der Waals surface area contributed by atoms with Gasteiger partial charge < -0.3 is 20.3 Å². The maximum absolute atomic E-state index is 13.3. The molecule has 0 aliphatic heterocycles. The van der Waals surface area contributed by atoms with Gasteiger partial charge in [0.2, 0.25) is 5.91 Å². The van der Waals surface area contributed by atoms with Gasteiger partial charge in [-0.3, -0.25) is 9.59 Å². The van der Waals surface area contributed by atoms with E-state index in [9.17, 15) is 19.8 Å². The van der Waals surface area contributed by atoms with Crippen molar-refractivity contribution in [1.82, 2.24) is 5.32 Å². The summed E-state index contributed by atoms with van der Waals surface area (Å²) in [5.41, 5.74) is 0. The smallest absolute Gasteiger partial charge is 0.306 e. The fraction of sp³-hybridized carbons (Fsp3) is 0.812. The Balaban J connectivity index is 4.59. The van der Waals surface area contributed by atoms with Crippen molar-refractivity contribution < 1.29 is 24.5 Å². The SMILES string of the molecule is CCCCC/C=C\C/C=C\C/C=C\CCCCCCC(CC(=O)NC(CO)C(O)CCCCCCCCCCCCCCCCC)OC(=O)CCCCCCCCCCC/C=C\C/C=C\CCCCC. The molecule has 0 saturated heterocycles. The van der Waals surface area contributed by atoms with E-state index in [-0.39, 0.29) is 24.9 Å². The molecule has 0 aliphatic rings. The molecular formula is C64H117NO5. The minimum atomic E-state index is -0.797. The van der Waals surface area contributed by atoms with E-state index in [1.165, 1.54) is 173 Å². The van der Waals surface area contributed by atoms with E-state index in [0.29, 0.717) is 19.3 Å². The summed E-state index contributed by atoms with van der Waals surface area (Å²) in [6, 6.07) is -0.712. The summed E-state index contributed by atoms with van der Waals surface area (Å²) in [6.07, 6.45) is 72.8. The van der Waals surface area contributed by atoms with Crippen LogP contribution in [0, 0.1) is 0 Å². The average molecular weight is 981 g/mol. The van der Waals surface area contributed by atoms with Crippen LogP contribution in [0.1, 0.15) is 310 Å². The van der Waals surface area contributed by atoms with Gasteiger partial charge in [0.25, 0.3) is 0 Å². The number of ether oxygens (including phenoxy) is 1. The topological polar surface area (TPSA) is 95.9 Å². The predicted molar refractivity (Wildman–Crippen MR) is 305 cm³/mol. The van der Waals surface area contributed by atoms with Gasteiger partial charge in [-0.1, -0.05) is 261 Å². The summed E-state index contributed by atoms with van der Waals surface area (Å²) in [4.78, 5) is 26.3. The number of esters is 1. The van der Waals surface area contributed by atoms with Gasteiger partial charge in [0.15, 0.2) is 0 Å². The number of aliphatic hydroxyl groups is 2.